The van der Waals surface area contributed by atoms with E-state index < -0.39 is 0 Å². The number of urea groups is 1. The predicted molar refractivity (Wildman–Crippen MR) is 110 cm³/mol. The first kappa shape index (κ1) is 18.0. The molecule has 2 aromatic heterocycles. The number of hydrogen-bond donors (Lipinski definition) is 2. The third-order valence-electron chi connectivity index (χ3n) is 4.00. The zero-order valence-electron chi connectivity index (χ0n) is 15.2. The molecule has 0 atom stereocenters. The first-order chi connectivity index (χ1) is 13.7. The van der Waals surface area contributed by atoms with Crippen LogP contribution < -0.4 is 10.6 Å². The van der Waals surface area contributed by atoms with Gasteiger partial charge in [-0.2, -0.15) is 14.6 Å². The first-order valence-electron chi connectivity index (χ1n) is 8.82. The van der Waals surface area contributed by atoms with Crippen molar-refractivity contribution in [1.29, 1.82) is 0 Å². The number of carbonyl (C=O) groups is 1. The second-order valence-electron chi connectivity index (χ2n) is 5.98. The van der Waals surface area contributed by atoms with Crippen LogP contribution in [0.1, 0.15) is 12.6 Å². The van der Waals surface area contributed by atoms with Crippen molar-refractivity contribution < 1.29 is 4.79 Å². The van der Waals surface area contributed by atoms with Gasteiger partial charge in [-0.25, -0.2) is 9.78 Å². The standard InChI is InChI=1S/C20H18N6OS/c1-2-14-12-18(26-19(23-14)21-13-22-26)28-17-10-8-16(9-11-17)25-20(27)24-15-6-4-3-5-7-15/h3-13H,2H2,1H3,(H2,24,25,27). The van der Waals surface area contributed by atoms with E-state index in [0.29, 0.717) is 11.5 Å². The molecule has 0 radical (unpaired) electrons. The number of amides is 2. The van der Waals surface area contributed by atoms with Crippen molar-refractivity contribution in [2.45, 2.75) is 23.3 Å². The lowest BCUT2D eigenvalue weighted by Gasteiger charge is -2.09. The number of anilines is 2. The average Bonchev–Trinajstić information content (AvgIpc) is 3.19. The van der Waals surface area contributed by atoms with E-state index >= 15 is 0 Å². The quantitative estimate of drug-likeness (QED) is 0.491. The van der Waals surface area contributed by atoms with E-state index in [9.17, 15) is 4.79 Å². The number of benzene rings is 2. The van der Waals surface area contributed by atoms with Crippen LogP contribution in [0.5, 0.6) is 0 Å². The van der Waals surface area contributed by atoms with Gasteiger partial charge >= 0.3 is 6.03 Å². The Labute approximate surface area is 166 Å². The van der Waals surface area contributed by atoms with Crippen LogP contribution in [0.3, 0.4) is 0 Å². The van der Waals surface area contributed by atoms with Crippen molar-refractivity contribution in [3.8, 4) is 0 Å². The average molecular weight is 390 g/mol. The fourth-order valence-electron chi connectivity index (χ4n) is 2.63. The molecule has 8 heteroatoms. The lowest BCUT2D eigenvalue weighted by atomic mass is 10.3. The van der Waals surface area contributed by atoms with Crippen LogP contribution in [-0.2, 0) is 6.42 Å². The Kier molecular flexibility index (Phi) is 5.20. The van der Waals surface area contributed by atoms with Crippen LogP contribution in [0.15, 0.2) is 76.9 Å². The molecule has 0 bridgehead atoms. The topological polar surface area (TPSA) is 84.2 Å². The van der Waals surface area contributed by atoms with Gasteiger partial charge < -0.3 is 10.6 Å². The summed E-state index contributed by atoms with van der Waals surface area (Å²) in [6.07, 6.45) is 2.33. The van der Waals surface area contributed by atoms with Crippen molar-refractivity contribution in [2.75, 3.05) is 10.6 Å². The highest BCUT2D eigenvalue weighted by Crippen LogP contribution is 2.29. The van der Waals surface area contributed by atoms with Crippen LogP contribution in [0.4, 0.5) is 16.2 Å². The first-order valence-corrected chi connectivity index (χ1v) is 9.63. The molecule has 0 aliphatic rings. The van der Waals surface area contributed by atoms with Gasteiger partial charge in [0.05, 0.1) is 0 Å². The summed E-state index contributed by atoms with van der Waals surface area (Å²) < 4.78 is 1.73. The predicted octanol–water partition coefficient (Wildman–Crippen LogP) is 4.48. The number of rotatable bonds is 5. The molecule has 0 unspecified atom stereocenters. The third kappa shape index (κ3) is 4.12. The summed E-state index contributed by atoms with van der Waals surface area (Å²) in [6, 6.07) is 18.7. The lowest BCUT2D eigenvalue weighted by molar-refractivity contribution is 0.262. The maximum absolute atomic E-state index is 12.1. The summed E-state index contributed by atoms with van der Waals surface area (Å²) in [5.41, 5.74) is 2.43. The van der Waals surface area contributed by atoms with Gasteiger partial charge in [-0.3, -0.25) is 0 Å². The SMILES string of the molecule is CCc1cc(Sc2ccc(NC(=O)Nc3ccccc3)cc2)n2ncnc2n1. The molecular weight excluding hydrogens is 372 g/mol. The summed E-state index contributed by atoms with van der Waals surface area (Å²) in [4.78, 5) is 21.8. The molecule has 0 fully saturated rings. The van der Waals surface area contributed by atoms with E-state index in [-0.39, 0.29) is 6.03 Å². The number of fused-ring (bicyclic) bond motifs is 1. The minimum absolute atomic E-state index is 0.280. The van der Waals surface area contributed by atoms with Gasteiger partial charge in [-0.15, -0.1) is 0 Å². The molecule has 2 heterocycles. The van der Waals surface area contributed by atoms with Crippen LogP contribution >= 0.6 is 11.8 Å². The molecule has 0 aliphatic carbocycles. The van der Waals surface area contributed by atoms with E-state index in [1.165, 1.54) is 6.33 Å². The second-order valence-corrected chi connectivity index (χ2v) is 7.08. The minimum Gasteiger partial charge on any atom is -0.308 e. The molecule has 7 nitrogen and oxygen atoms in total. The Morgan fingerprint density at radius 2 is 1.75 bits per heavy atom. The van der Waals surface area contributed by atoms with E-state index in [1.807, 2.05) is 60.7 Å². The number of nitrogens with zero attached hydrogens (tertiary/aromatic N) is 4. The molecule has 2 amide bonds. The van der Waals surface area contributed by atoms with E-state index in [0.717, 1.165) is 27.7 Å². The van der Waals surface area contributed by atoms with E-state index in [4.69, 9.17) is 0 Å². The van der Waals surface area contributed by atoms with Crippen molar-refractivity contribution in [3.05, 3.63) is 72.7 Å². The monoisotopic (exact) mass is 390 g/mol. The summed E-state index contributed by atoms with van der Waals surface area (Å²) in [5.74, 6) is 0.595. The highest BCUT2D eigenvalue weighted by molar-refractivity contribution is 7.99. The Bertz CT molecular complexity index is 1090. The zero-order chi connectivity index (χ0) is 19.3. The fraction of sp³-hybridized carbons (Fsp3) is 0.100. The van der Waals surface area contributed by atoms with Gasteiger partial charge in [-0.1, -0.05) is 36.9 Å². The van der Waals surface area contributed by atoms with Crippen LogP contribution in [0.25, 0.3) is 5.78 Å². The minimum atomic E-state index is -0.280. The van der Waals surface area contributed by atoms with Crippen molar-refractivity contribution >= 4 is 34.9 Å². The van der Waals surface area contributed by atoms with Crippen LogP contribution in [0, 0.1) is 0 Å². The van der Waals surface area contributed by atoms with Crippen LogP contribution in [0.2, 0.25) is 0 Å². The Balaban J connectivity index is 1.45. The maximum Gasteiger partial charge on any atom is 0.323 e. The van der Waals surface area contributed by atoms with Crippen molar-refractivity contribution in [1.82, 2.24) is 19.6 Å². The van der Waals surface area contributed by atoms with Crippen molar-refractivity contribution in [3.63, 3.8) is 0 Å². The Hall–Kier alpha value is -3.39. The van der Waals surface area contributed by atoms with Gasteiger partial charge in [0.2, 0.25) is 0 Å². The molecule has 0 spiro atoms. The van der Waals surface area contributed by atoms with Crippen LogP contribution in [-0.4, -0.2) is 25.6 Å². The second kappa shape index (κ2) is 8.10. The molecular formula is C20H18N6OS. The summed E-state index contributed by atoms with van der Waals surface area (Å²) in [7, 11) is 0. The van der Waals surface area contributed by atoms with E-state index in [1.54, 1.807) is 16.3 Å². The summed E-state index contributed by atoms with van der Waals surface area (Å²) in [6.45, 7) is 2.06. The van der Waals surface area contributed by atoms with Crippen molar-refractivity contribution in [2.24, 2.45) is 0 Å². The Morgan fingerprint density at radius 3 is 2.46 bits per heavy atom. The smallest absolute Gasteiger partial charge is 0.308 e. The molecule has 4 aromatic rings. The van der Waals surface area contributed by atoms with E-state index in [2.05, 4.69) is 32.6 Å². The number of carbonyl (C=O) groups excluding carboxylic acids is 1. The highest BCUT2D eigenvalue weighted by Gasteiger charge is 2.09. The maximum atomic E-state index is 12.1. The van der Waals surface area contributed by atoms with Gasteiger partial charge in [0.1, 0.15) is 11.4 Å². The van der Waals surface area contributed by atoms with Gasteiger partial charge in [-0.05, 0) is 48.9 Å². The highest BCUT2D eigenvalue weighted by atomic mass is 32.2. The van der Waals surface area contributed by atoms with Gasteiger partial charge in [0.15, 0.2) is 0 Å². The number of nitrogens with one attached hydrogen (secondary N) is 2. The molecule has 2 aromatic carbocycles. The molecule has 0 saturated carbocycles. The third-order valence-corrected chi connectivity index (χ3v) is 5.01. The number of para-hydroxylation sites is 1. The Morgan fingerprint density at radius 1 is 1.04 bits per heavy atom. The largest absolute Gasteiger partial charge is 0.323 e. The number of aromatic nitrogens is 4. The number of hydrogen-bond acceptors (Lipinski definition) is 5. The van der Waals surface area contributed by atoms with Gasteiger partial charge in [0, 0.05) is 22.0 Å². The lowest BCUT2D eigenvalue weighted by Crippen LogP contribution is -2.19. The molecule has 140 valence electrons. The summed E-state index contributed by atoms with van der Waals surface area (Å²) in [5, 5.41) is 10.8. The number of aryl methyl sites for hydroxylation is 1. The fourth-order valence-corrected chi connectivity index (χ4v) is 3.55. The molecule has 0 aliphatic heterocycles. The molecule has 28 heavy (non-hydrogen) atoms. The summed E-state index contributed by atoms with van der Waals surface area (Å²) >= 11 is 1.57. The zero-order valence-corrected chi connectivity index (χ0v) is 16.0. The normalized spacial score (nSPS) is 10.8. The molecule has 2 N–H and O–H groups in total. The van der Waals surface area contributed by atoms with Gasteiger partial charge in [0.25, 0.3) is 5.78 Å². The molecule has 4 rings (SSSR count). The molecule has 0 saturated heterocycles.